The Hall–Kier alpha value is -0.580. The molecule has 0 bridgehead atoms. The maximum Gasteiger partial charge on any atom is 0.239 e. The predicted octanol–water partition coefficient (Wildman–Crippen LogP) is 3.59. The van der Waals surface area contributed by atoms with Crippen LogP contribution < -0.4 is 5.32 Å². The minimum atomic E-state index is -0.157. The molecule has 2 rings (SSSR count). The van der Waals surface area contributed by atoms with Crippen molar-refractivity contribution < 1.29 is 4.79 Å². The van der Waals surface area contributed by atoms with Crippen molar-refractivity contribution in [2.24, 2.45) is 0 Å². The Morgan fingerprint density at radius 1 is 1.40 bits per heavy atom. The third-order valence-corrected chi connectivity index (χ3v) is 4.63. The van der Waals surface area contributed by atoms with Gasteiger partial charge in [0, 0.05) is 29.1 Å². The molecule has 0 aliphatic carbocycles. The Morgan fingerprint density at radius 3 is 2.75 bits per heavy atom. The molecule has 1 heterocycles. The zero-order chi connectivity index (χ0) is 14.5. The van der Waals surface area contributed by atoms with Gasteiger partial charge < -0.3 is 10.2 Å². The first-order chi connectivity index (χ1) is 9.58. The van der Waals surface area contributed by atoms with Crippen molar-refractivity contribution in [3.05, 3.63) is 33.3 Å². The van der Waals surface area contributed by atoms with Crippen molar-refractivity contribution in [1.29, 1.82) is 0 Å². The lowest BCUT2D eigenvalue weighted by molar-refractivity contribution is -0.133. The van der Waals surface area contributed by atoms with Gasteiger partial charge in [0.2, 0.25) is 5.91 Å². The summed E-state index contributed by atoms with van der Waals surface area (Å²) in [6.45, 7) is 4.38. The van der Waals surface area contributed by atoms with Crippen LogP contribution in [0, 0.1) is 0 Å². The van der Waals surface area contributed by atoms with Gasteiger partial charge in [0.15, 0.2) is 0 Å². The van der Waals surface area contributed by atoms with Crippen molar-refractivity contribution in [2.45, 2.75) is 38.8 Å². The second kappa shape index (κ2) is 7.43. The molecule has 1 aliphatic heterocycles. The first kappa shape index (κ1) is 15.8. The molecular weight excluding hydrogens is 340 g/mol. The van der Waals surface area contributed by atoms with Gasteiger partial charge >= 0.3 is 0 Å². The fraction of sp³-hybridized carbons (Fsp3) is 0.533. The summed E-state index contributed by atoms with van der Waals surface area (Å²) in [7, 11) is 0. The van der Waals surface area contributed by atoms with Crippen molar-refractivity contribution in [3.8, 4) is 0 Å². The van der Waals surface area contributed by atoms with E-state index in [0.717, 1.165) is 36.0 Å². The summed E-state index contributed by atoms with van der Waals surface area (Å²) in [5.74, 6) is 0.204. The van der Waals surface area contributed by atoms with Crippen LogP contribution in [-0.4, -0.2) is 29.9 Å². The normalized spacial score (nSPS) is 17.1. The zero-order valence-corrected chi connectivity index (χ0v) is 14.0. The number of benzene rings is 1. The van der Waals surface area contributed by atoms with Crippen LogP contribution in [0.1, 0.15) is 31.7 Å². The fourth-order valence-electron chi connectivity index (χ4n) is 2.40. The molecule has 0 radical (unpaired) electrons. The number of hydrogen-bond acceptors (Lipinski definition) is 2. The van der Waals surface area contributed by atoms with Gasteiger partial charge in [0.1, 0.15) is 0 Å². The highest BCUT2D eigenvalue weighted by molar-refractivity contribution is 9.10. The van der Waals surface area contributed by atoms with Crippen LogP contribution in [0.5, 0.6) is 0 Å². The molecule has 1 atom stereocenters. The van der Waals surface area contributed by atoms with E-state index in [1.54, 1.807) is 0 Å². The summed E-state index contributed by atoms with van der Waals surface area (Å²) in [5, 5.41) is 4.00. The topological polar surface area (TPSA) is 32.3 Å². The summed E-state index contributed by atoms with van der Waals surface area (Å²) < 4.78 is 0.968. The van der Waals surface area contributed by atoms with E-state index >= 15 is 0 Å². The molecule has 1 saturated heterocycles. The molecule has 110 valence electrons. The van der Waals surface area contributed by atoms with Crippen molar-refractivity contribution in [1.82, 2.24) is 10.2 Å². The lowest BCUT2D eigenvalue weighted by Gasteiger charge is -2.29. The summed E-state index contributed by atoms with van der Waals surface area (Å²) in [5.41, 5.74) is 1.10. The molecule has 1 aliphatic rings. The van der Waals surface area contributed by atoms with Crippen LogP contribution in [0.2, 0.25) is 5.02 Å². The largest absolute Gasteiger partial charge is 0.341 e. The van der Waals surface area contributed by atoms with E-state index in [2.05, 4.69) is 21.2 Å². The smallest absolute Gasteiger partial charge is 0.239 e. The Kier molecular flexibility index (Phi) is 5.87. The highest BCUT2D eigenvalue weighted by Gasteiger charge is 2.21. The van der Waals surface area contributed by atoms with Crippen LogP contribution in [0.3, 0.4) is 0 Å². The number of likely N-dealkylation sites (tertiary alicyclic amines) is 1. The summed E-state index contributed by atoms with van der Waals surface area (Å²) in [6, 6.07) is 5.55. The number of nitrogens with zero attached hydrogens (tertiary/aromatic N) is 1. The minimum Gasteiger partial charge on any atom is -0.341 e. The Morgan fingerprint density at radius 2 is 2.10 bits per heavy atom. The number of carbonyl (C=O) groups is 1. The standard InChI is InChI=1S/C15H20BrClN2O/c1-11(15(20)19-7-3-2-4-8-19)18-10-12-5-6-13(17)9-14(12)16/h5-6,9,11,18H,2-4,7-8,10H2,1H3. The molecule has 1 fully saturated rings. The van der Waals surface area contributed by atoms with Gasteiger partial charge in [0.25, 0.3) is 0 Å². The molecule has 1 aromatic rings. The molecular formula is C15H20BrClN2O. The molecule has 5 heteroatoms. The van der Waals surface area contributed by atoms with Gasteiger partial charge in [-0.05, 0) is 43.9 Å². The van der Waals surface area contributed by atoms with Crippen molar-refractivity contribution in [3.63, 3.8) is 0 Å². The number of carbonyl (C=O) groups excluding carboxylic acids is 1. The van der Waals surface area contributed by atoms with E-state index in [9.17, 15) is 4.79 Å². The lowest BCUT2D eigenvalue weighted by atomic mass is 10.1. The molecule has 0 spiro atoms. The van der Waals surface area contributed by atoms with Gasteiger partial charge in [-0.15, -0.1) is 0 Å². The maximum atomic E-state index is 12.3. The minimum absolute atomic E-state index is 0.157. The second-order valence-electron chi connectivity index (χ2n) is 5.22. The van der Waals surface area contributed by atoms with Crippen LogP contribution in [-0.2, 0) is 11.3 Å². The molecule has 0 aromatic heterocycles. The first-order valence-corrected chi connectivity index (χ1v) is 8.21. The summed E-state index contributed by atoms with van der Waals surface area (Å²) in [6.07, 6.45) is 3.49. The van der Waals surface area contributed by atoms with Gasteiger partial charge in [-0.3, -0.25) is 4.79 Å². The van der Waals surface area contributed by atoms with E-state index in [1.807, 2.05) is 30.0 Å². The quantitative estimate of drug-likeness (QED) is 0.891. The molecule has 0 saturated carbocycles. The monoisotopic (exact) mass is 358 g/mol. The van der Waals surface area contributed by atoms with Gasteiger partial charge in [-0.1, -0.05) is 33.6 Å². The van der Waals surface area contributed by atoms with E-state index in [4.69, 9.17) is 11.6 Å². The molecule has 1 unspecified atom stereocenters. The number of hydrogen-bond donors (Lipinski definition) is 1. The number of amides is 1. The van der Waals surface area contributed by atoms with E-state index in [1.165, 1.54) is 6.42 Å². The van der Waals surface area contributed by atoms with Crippen LogP contribution in [0.15, 0.2) is 22.7 Å². The Bertz CT molecular complexity index is 475. The Balaban J connectivity index is 1.87. The van der Waals surface area contributed by atoms with E-state index < -0.39 is 0 Å². The highest BCUT2D eigenvalue weighted by Crippen LogP contribution is 2.21. The highest BCUT2D eigenvalue weighted by atomic mass is 79.9. The summed E-state index contributed by atoms with van der Waals surface area (Å²) >= 11 is 9.41. The van der Waals surface area contributed by atoms with Crippen LogP contribution in [0.25, 0.3) is 0 Å². The molecule has 1 aromatic carbocycles. The molecule has 20 heavy (non-hydrogen) atoms. The zero-order valence-electron chi connectivity index (χ0n) is 11.7. The number of rotatable bonds is 4. The molecule has 1 N–H and O–H groups in total. The second-order valence-corrected chi connectivity index (χ2v) is 6.52. The average Bonchev–Trinajstić information content (AvgIpc) is 2.46. The van der Waals surface area contributed by atoms with E-state index in [0.29, 0.717) is 11.6 Å². The van der Waals surface area contributed by atoms with Crippen LogP contribution in [0.4, 0.5) is 0 Å². The molecule has 1 amide bonds. The van der Waals surface area contributed by atoms with E-state index in [-0.39, 0.29) is 11.9 Å². The third kappa shape index (κ3) is 4.21. The van der Waals surface area contributed by atoms with Crippen molar-refractivity contribution >= 4 is 33.4 Å². The first-order valence-electron chi connectivity index (χ1n) is 7.04. The fourth-order valence-corrected chi connectivity index (χ4v) is 3.23. The lowest BCUT2D eigenvalue weighted by Crippen LogP contribution is -2.46. The molecule has 3 nitrogen and oxygen atoms in total. The van der Waals surface area contributed by atoms with Crippen LogP contribution >= 0.6 is 27.5 Å². The predicted molar refractivity (Wildman–Crippen MR) is 85.9 cm³/mol. The average molecular weight is 360 g/mol. The maximum absolute atomic E-state index is 12.3. The third-order valence-electron chi connectivity index (χ3n) is 3.65. The van der Waals surface area contributed by atoms with Gasteiger partial charge in [-0.25, -0.2) is 0 Å². The van der Waals surface area contributed by atoms with Gasteiger partial charge in [-0.2, -0.15) is 0 Å². The number of halogens is 2. The SMILES string of the molecule is CC(NCc1ccc(Cl)cc1Br)C(=O)N1CCCCC1. The number of nitrogens with one attached hydrogen (secondary N) is 1. The van der Waals surface area contributed by atoms with Crippen molar-refractivity contribution in [2.75, 3.05) is 13.1 Å². The number of piperidine rings is 1. The Labute approximate surface area is 133 Å². The van der Waals surface area contributed by atoms with Gasteiger partial charge in [0.05, 0.1) is 6.04 Å². The summed E-state index contributed by atoms with van der Waals surface area (Å²) in [4.78, 5) is 14.3.